The van der Waals surface area contributed by atoms with Crippen molar-refractivity contribution in [3.8, 4) is 5.75 Å². The van der Waals surface area contributed by atoms with Crippen molar-refractivity contribution in [2.24, 2.45) is 0 Å². The molecule has 0 aliphatic carbocycles. The number of likely N-dealkylation sites (tertiary alicyclic amines) is 1. The summed E-state index contributed by atoms with van der Waals surface area (Å²) in [5.74, 6) is 0.237. The van der Waals surface area contributed by atoms with Crippen molar-refractivity contribution in [1.82, 2.24) is 4.90 Å². The van der Waals surface area contributed by atoms with Crippen molar-refractivity contribution < 1.29 is 19.1 Å². The lowest BCUT2D eigenvalue weighted by Crippen LogP contribution is -2.48. The highest BCUT2D eigenvalue weighted by Crippen LogP contribution is 2.22. The Morgan fingerprint density at radius 3 is 2.58 bits per heavy atom. The predicted molar refractivity (Wildman–Crippen MR) is 92.1 cm³/mol. The summed E-state index contributed by atoms with van der Waals surface area (Å²) in [7, 11) is 0. The maximum atomic E-state index is 12.8. The van der Waals surface area contributed by atoms with Crippen LogP contribution in [0.3, 0.4) is 0 Å². The molecule has 1 saturated heterocycles. The number of benzene rings is 1. The lowest BCUT2D eigenvalue weighted by molar-refractivity contribution is -0.149. The molecule has 0 spiro atoms. The third-order valence-corrected chi connectivity index (χ3v) is 3.91. The molecule has 0 radical (unpaired) electrons. The second kappa shape index (κ2) is 8.52. The summed E-state index contributed by atoms with van der Waals surface area (Å²) < 4.78 is 10.7. The van der Waals surface area contributed by atoms with E-state index in [0.717, 1.165) is 18.4 Å². The van der Waals surface area contributed by atoms with Crippen molar-refractivity contribution in [1.29, 1.82) is 0 Å². The monoisotopic (exact) mass is 331 g/mol. The van der Waals surface area contributed by atoms with Crippen LogP contribution in [0.15, 0.2) is 36.4 Å². The van der Waals surface area contributed by atoms with E-state index in [4.69, 9.17) is 9.47 Å². The first kappa shape index (κ1) is 18.0. The standard InChI is InChI=1S/C19H25NO4/c1-4-23-19(22)17-7-5-6-12-20(17)18(21)15-8-10-16(11-9-15)24-13-14(2)3/h8-11,17H,2,4-7,12-13H2,1,3H3/t17-/m1/s1. The Bertz CT molecular complexity index is 594. The fourth-order valence-corrected chi connectivity index (χ4v) is 2.72. The van der Waals surface area contributed by atoms with Crippen LogP contribution in [-0.4, -0.2) is 42.6 Å². The van der Waals surface area contributed by atoms with Crippen LogP contribution in [0, 0.1) is 0 Å². The van der Waals surface area contributed by atoms with E-state index >= 15 is 0 Å². The number of carbonyl (C=O) groups is 2. The Morgan fingerprint density at radius 2 is 1.96 bits per heavy atom. The zero-order valence-electron chi connectivity index (χ0n) is 14.4. The van der Waals surface area contributed by atoms with Crippen LogP contribution >= 0.6 is 0 Å². The van der Waals surface area contributed by atoms with Gasteiger partial charge in [0.1, 0.15) is 18.4 Å². The van der Waals surface area contributed by atoms with Crippen LogP contribution in [0.5, 0.6) is 5.75 Å². The summed E-state index contributed by atoms with van der Waals surface area (Å²) in [4.78, 5) is 26.5. The van der Waals surface area contributed by atoms with E-state index in [1.54, 1.807) is 36.1 Å². The number of rotatable bonds is 6. The zero-order chi connectivity index (χ0) is 17.5. The maximum absolute atomic E-state index is 12.8. The van der Waals surface area contributed by atoms with Gasteiger partial charge in [0.05, 0.1) is 6.61 Å². The first-order valence-electron chi connectivity index (χ1n) is 8.37. The second-order valence-corrected chi connectivity index (χ2v) is 6.03. The fourth-order valence-electron chi connectivity index (χ4n) is 2.72. The molecule has 5 nitrogen and oxygen atoms in total. The summed E-state index contributed by atoms with van der Waals surface area (Å²) in [6, 6.07) is 6.50. The number of hydrogen-bond acceptors (Lipinski definition) is 4. The van der Waals surface area contributed by atoms with E-state index in [0.29, 0.717) is 37.5 Å². The highest BCUT2D eigenvalue weighted by atomic mass is 16.5. The third kappa shape index (κ3) is 4.60. The van der Waals surface area contributed by atoms with Crippen LogP contribution in [-0.2, 0) is 9.53 Å². The first-order chi connectivity index (χ1) is 11.5. The lowest BCUT2D eigenvalue weighted by atomic mass is 10.0. The molecule has 0 unspecified atom stereocenters. The molecular weight excluding hydrogens is 306 g/mol. The van der Waals surface area contributed by atoms with E-state index in [2.05, 4.69) is 6.58 Å². The molecular formula is C19H25NO4. The second-order valence-electron chi connectivity index (χ2n) is 6.03. The van der Waals surface area contributed by atoms with E-state index in [9.17, 15) is 9.59 Å². The van der Waals surface area contributed by atoms with Crippen molar-refractivity contribution in [2.75, 3.05) is 19.8 Å². The Hall–Kier alpha value is -2.30. The van der Waals surface area contributed by atoms with Gasteiger partial charge in [0.25, 0.3) is 5.91 Å². The van der Waals surface area contributed by atoms with Gasteiger partial charge in [-0.1, -0.05) is 6.58 Å². The molecule has 0 bridgehead atoms. The van der Waals surface area contributed by atoms with Crippen LogP contribution in [0.25, 0.3) is 0 Å². The van der Waals surface area contributed by atoms with Crippen molar-refractivity contribution in [3.05, 3.63) is 42.0 Å². The molecule has 0 saturated carbocycles. The van der Waals surface area contributed by atoms with Crippen LogP contribution in [0.2, 0.25) is 0 Å². The lowest BCUT2D eigenvalue weighted by Gasteiger charge is -2.34. The minimum Gasteiger partial charge on any atom is -0.489 e. The average Bonchev–Trinajstić information content (AvgIpc) is 2.60. The van der Waals surface area contributed by atoms with Gasteiger partial charge in [0.2, 0.25) is 0 Å². The van der Waals surface area contributed by atoms with Crippen molar-refractivity contribution in [2.45, 2.75) is 39.2 Å². The van der Waals surface area contributed by atoms with Gasteiger partial charge < -0.3 is 14.4 Å². The molecule has 1 atom stereocenters. The highest BCUT2D eigenvalue weighted by molar-refractivity contribution is 5.97. The minimum absolute atomic E-state index is 0.140. The molecule has 1 aromatic carbocycles. The Labute approximate surface area is 143 Å². The molecule has 130 valence electrons. The summed E-state index contributed by atoms with van der Waals surface area (Å²) in [5, 5.41) is 0. The molecule has 1 aromatic rings. The molecule has 24 heavy (non-hydrogen) atoms. The smallest absolute Gasteiger partial charge is 0.328 e. The minimum atomic E-state index is -0.481. The number of carbonyl (C=O) groups excluding carboxylic acids is 2. The predicted octanol–water partition coefficient (Wildman–Crippen LogP) is 3.20. The van der Waals surface area contributed by atoms with E-state index in [-0.39, 0.29) is 11.9 Å². The molecule has 1 aliphatic rings. The number of nitrogens with zero attached hydrogens (tertiary/aromatic N) is 1. The molecule has 5 heteroatoms. The van der Waals surface area contributed by atoms with E-state index in [1.165, 1.54) is 0 Å². The third-order valence-electron chi connectivity index (χ3n) is 3.91. The van der Waals surface area contributed by atoms with Gasteiger partial charge in [-0.15, -0.1) is 0 Å². The number of ether oxygens (including phenoxy) is 2. The van der Waals surface area contributed by atoms with Gasteiger partial charge >= 0.3 is 5.97 Å². The Kier molecular flexibility index (Phi) is 6.41. The SMILES string of the molecule is C=C(C)COc1ccc(C(=O)N2CCCC[C@@H]2C(=O)OCC)cc1. The molecule has 1 fully saturated rings. The Morgan fingerprint density at radius 1 is 1.25 bits per heavy atom. The number of amides is 1. The van der Waals surface area contributed by atoms with Crippen LogP contribution in [0.4, 0.5) is 0 Å². The number of piperidine rings is 1. The summed E-state index contributed by atoms with van der Waals surface area (Å²) in [5.41, 5.74) is 1.48. The van der Waals surface area contributed by atoms with E-state index < -0.39 is 6.04 Å². The normalized spacial score (nSPS) is 17.2. The van der Waals surface area contributed by atoms with Gasteiger partial charge in [-0.2, -0.15) is 0 Å². The largest absolute Gasteiger partial charge is 0.489 e. The summed E-state index contributed by atoms with van der Waals surface area (Å²) in [6.45, 7) is 8.81. The highest BCUT2D eigenvalue weighted by Gasteiger charge is 2.33. The summed E-state index contributed by atoms with van der Waals surface area (Å²) in [6.07, 6.45) is 2.49. The number of esters is 1. The van der Waals surface area contributed by atoms with Gasteiger partial charge in [-0.25, -0.2) is 4.79 Å². The molecule has 1 heterocycles. The molecule has 1 aliphatic heterocycles. The fraction of sp³-hybridized carbons (Fsp3) is 0.474. The maximum Gasteiger partial charge on any atom is 0.328 e. The van der Waals surface area contributed by atoms with Gasteiger partial charge in [-0.05, 0) is 62.9 Å². The van der Waals surface area contributed by atoms with Gasteiger partial charge in [0, 0.05) is 12.1 Å². The van der Waals surface area contributed by atoms with E-state index in [1.807, 2.05) is 6.92 Å². The molecule has 0 aromatic heterocycles. The quantitative estimate of drug-likeness (QED) is 0.593. The number of hydrogen-bond donors (Lipinski definition) is 0. The van der Waals surface area contributed by atoms with Crippen molar-refractivity contribution >= 4 is 11.9 Å². The molecule has 1 amide bonds. The molecule has 0 N–H and O–H groups in total. The van der Waals surface area contributed by atoms with Crippen molar-refractivity contribution in [3.63, 3.8) is 0 Å². The van der Waals surface area contributed by atoms with Gasteiger partial charge in [0.15, 0.2) is 0 Å². The topological polar surface area (TPSA) is 55.8 Å². The Balaban J connectivity index is 2.08. The molecule has 2 rings (SSSR count). The zero-order valence-corrected chi connectivity index (χ0v) is 14.4. The van der Waals surface area contributed by atoms with Crippen LogP contribution in [0.1, 0.15) is 43.5 Å². The first-order valence-corrected chi connectivity index (χ1v) is 8.37. The van der Waals surface area contributed by atoms with Gasteiger partial charge in [-0.3, -0.25) is 4.79 Å². The van der Waals surface area contributed by atoms with Crippen LogP contribution < -0.4 is 4.74 Å². The average molecular weight is 331 g/mol. The summed E-state index contributed by atoms with van der Waals surface area (Å²) >= 11 is 0.